The van der Waals surface area contributed by atoms with Gasteiger partial charge in [-0.05, 0) is 12.1 Å². The molecule has 0 N–H and O–H groups in total. The highest BCUT2D eigenvalue weighted by molar-refractivity contribution is 7.99. The average molecular weight is 386 g/mol. The van der Waals surface area contributed by atoms with Crippen LogP contribution in [0.25, 0.3) is 5.78 Å². The molecule has 0 aliphatic rings. The van der Waals surface area contributed by atoms with Gasteiger partial charge in [-0.3, -0.25) is 4.79 Å². The maximum Gasteiger partial charge on any atom is 0.261 e. The molecular weight excluding hydrogens is 364 g/mol. The van der Waals surface area contributed by atoms with Crippen molar-refractivity contribution in [3.8, 4) is 0 Å². The SMILES string of the molecule is CN(C)c1nc(N(C)C)n2c(SCC(=O)N(C)c3ccccc3)nnc2n1. The molecule has 0 unspecified atom stereocenters. The lowest BCUT2D eigenvalue weighted by Gasteiger charge is -2.18. The summed E-state index contributed by atoms with van der Waals surface area (Å²) in [6.45, 7) is 0. The molecule has 3 rings (SSSR count). The number of amides is 1. The molecule has 142 valence electrons. The first-order valence-electron chi connectivity index (χ1n) is 8.30. The van der Waals surface area contributed by atoms with Crippen LogP contribution in [-0.4, -0.2) is 71.5 Å². The minimum absolute atomic E-state index is 0.0276. The smallest absolute Gasteiger partial charge is 0.261 e. The van der Waals surface area contributed by atoms with E-state index in [0.29, 0.717) is 22.8 Å². The fourth-order valence-corrected chi connectivity index (χ4v) is 3.21. The first-order chi connectivity index (χ1) is 12.9. The van der Waals surface area contributed by atoms with Gasteiger partial charge < -0.3 is 14.7 Å². The Labute approximate surface area is 162 Å². The number of carbonyl (C=O) groups excluding carboxylic acids is 1. The molecule has 0 radical (unpaired) electrons. The number of hydrogen-bond donors (Lipinski definition) is 0. The van der Waals surface area contributed by atoms with Crippen molar-refractivity contribution in [2.45, 2.75) is 5.16 Å². The van der Waals surface area contributed by atoms with Gasteiger partial charge >= 0.3 is 0 Å². The minimum Gasteiger partial charge on any atom is -0.348 e. The predicted octanol–water partition coefficient (Wildman–Crippen LogP) is 1.41. The normalized spacial score (nSPS) is 10.9. The molecule has 0 saturated carbocycles. The summed E-state index contributed by atoms with van der Waals surface area (Å²) in [5.74, 6) is 1.85. The number of hydrogen-bond acceptors (Lipinski definition) is 8. The molecule has 0 bridgehead atoms. The van der Waals surface area contributed by atoms with Gasteiger partial charge in [0, 0.05) is 40.9 Å². The highest BCUT2D eigenvalue weighted by Gasteiger charge is 2.19. The number of fused-ring (bicyclic) bond motifs is 1. The molecule has 0 fully saturated rings. The van der Waals surface area contributed by atoms with Crippen LogP contribution in [0.3, 0.4) is 0 Å². The Morgan fingerprint density at radius 1 is 1.00 bits per heavy atom. The van der Waals surface area contributed by atoms with E-state index in [1.807, 2.05) is 68.3 Å². The summed E-state index contributed by atoms with van der Waals surface area (Å²) in [6, 6.07) is 9.53. The van der Waals surface area contributed by atoms with Crippen LogP contribution in [0, 0.1) is 0 Å². The third kappa shape index (κ3) is 3.95. The van der Waals surface area contributed by atoms with E-state index < -0.39 is 0 Å². The molecule has 3 aromatic rings. The van der Waals surface area contributed by atoms with E-state index in [1.165, 1.54) is 11.8 Å². The van der Waals surface area contributed by atoms with Crippen LogP contribution in [0.15, 0.2) is 35.5 Å². The second-order valence-corrected chi connectivity index (χ2v) is 7.25. The molecule has 0 aliphatic carbocycles. The van der Waals surface area contributed by atoms with Crippen molar-refractivity contribution < 1.29 is 4.79 Å². The summed E-state index contributed by atoms with van der Waals surface area (Å²) in [6.07, 6.45) is 0. The molecule has 1 amide bonds. The second kappa shape index (κ2) is 7.78. The summed E-state index contributed by atoms with van der Waals surface area (Å²) in [5.41, 5.74) is 0.849. The van der Waals surface area contributed by atoms with E-state index in [9.17, 15) is 4.79 Å². The van der Waals surface area contributed by atoms with Gasteiger partial charge in [-0.15, -0.1) is 10.2 Å². The van der Waals surface area contributed by atoms with Crippen molar-refractivity contribution in [1.82, 2.24) is 24.6 Å². The Morgan fingerprint density at radius 3 is 2.33 bits per heavy atom. The number of carbonyl (C=O) groups is 1. The highest BCUT2D eigenvalue weighted by atomic mass is 32.2. The maximum absolute atomic E-state index is 12.5. The molecule has 2 aromatic heterocycles. The molecule has 0 saturated heterocycles. The first-order valence-corrected chi connectivity index (χ1v) is 9.29. The van der Waals surface area contributed by atoms with Gasteiger partial charge in [0.15, 0.2) is 5.16 Å². The van der Waals surface area contributed by atoms with Gasteiger partial charge in [0.1, 0.15) is 0 Å². The molecule has 0 atom stereocenters. The summed E-state index contributed by atoms with van der Waals surface area (Å²) in [4.78, 5) is 26.8. The first kappa shape index (κ1) is 18.9. The minimum atomic E-state index is -0.0276. The third-order valence-corrected chi connectivity index (χ3v) is 4.77. The molecule has 1 aromatic carbocycles. The van der Waals surface area contributed by atoms with E-state index in [1.54, 1.807) is 16.3 Å². The maximum atomic E-state index is 12.5. The Kier molecular flexibility index (Phi) is 5.45. The zero-order valence-electron chi connectivity index (χ0n) is 16.0. The van der Waals surface area contributed by atoms with Crippen molar-refractivity contribution in [2.75, 3.05) is 55.7 Å². The summed E-state index contributed by atoms with van der Waals surface area (Å²) < 4.78 is 1.76. The standard InChI is InChI=1S/C17H22N8OS/c1-22(2)14-18-15-20-21-17(25(15)16(19-14)23(3)4)27-11-13(26)24(5)12-9-7-6-8-10-12/h6-10H,11H2,1-5H3. The summed E-state index contributed by atoms with van der Waals surface area (Å²) in [7, 11) is 9.29. The van der Waals surface area contributed by atoms with Gasteiger partial charge in [0.05, 0.1) is 5.75 Å². The van der Waals surface area contributed by atoms with Crippen LogP contribution in [0.5, 0.6) is 0 Å². The number of rotatable bonds is 6. The van der Waals surface area contributed by atoms with Crippen molar-refractivity contribution in [1.29, 1.82) is 0 Å². The van der Waals surface area contributed by atoms with Crippen molar-refractivity contribution in [2.24, 2.45) is 0 Å². The molecule has 10 heteroatoms. The molecule has 0 spiro atoms. The Bertz CT molecular complexity index is 941. The van der Waals surface area contributed by atoms with Crippen LogP contribution >= 0.6 is 11.8 Å². The quantitative estimate of drug-likeness (QED) is 0.588. The Morgan fingerprint density at radius 2 is 1.70 bits per heavy atom. The van der Waals surface area contributed by atoms with E-state index in [2.05, 4.69) is 20.2 Å². The number of aromatic nitrogens is 5. The Hall–Kier alpha value is -2.88. The van der Waals surface area contributed by atoms with E-state index in [-0.39, 0.29) is 11.7 Å². The van der Waals surface area contributed by atoms with Gasteiger partial charge in [-0.1, -0.05) is 30.0 Å². The van der Waals surface area contributed by atoms with E-state index >= 15 is 0 Å². The lowest BCUT2D eigenvalue weighted by atomic mass is 10.3. The number of anilines is 3. The molecule has 27 heavy (non-hydrogen) atoms. The lowest BCUT2D eigenvalue weighted by Crippen LogP contribution is -2.28. The van der Waals surface area contributed by atoms with Gasteiger partial charge in [-0.25, -0.2) is 4.40 Å². The van der Waals surface area contributed by atoms with Crippen molar-refractivity contribution in [3.63, 3.8) is 0 Å². The van der Waals surface area contributed by atoms with Crippen molar-refractivity contribution >= 4 is 41.0 Å². The number of para-hydroxylation sites is 1. The van der Waals surface area contributed by atoms with Crippen LogP contribution in [-0.2, 0) is 4.79 Å². The van der Waals surface area contributed by atoms with Crippen molar-refractivity contribution in [3.05, 3.63) is 30.3 Å². The fourth-order valence-electron chi connectivity index (χ4n) is 2.38. The number of benzene rings is 1. The molecule has 2 heterocycles. The lowest BCUT2D eigenvalue weighted by molar-refractivity contribution is -0.115. The summed E-state index contributed by atoms with van der Waals surface area (Å²) >= 11 is 1.31. The monoisotopic (exact) mass is 386 g/mol. The zero-order chi connectivity index (χ0) is 19.6. The number of nitrogens with zero attached hydrogens (tertiary/aromatic N) is 8. The molecule has 0 aliphatic heterocycles. The Balaban J connectivity index is 1.84. The highest BCUT2D eigenvalue weighted by Crippen LogP contribution is 2.23. The summed E-state index contributed by atoms with van der Waals surface area (Å²) in [5, 5.41) is 8.93. The van der Waals surface area contributed by atoms with Crippen LogP contribution in [0.4, 0.5) is 17.6 Å². The van der Waals surface area contributed by atoms with Gasteiger partial charge in [-0.2, -0.15) is 9.97 Å². The van der Waals surface area contributed by atoms with Gasteiger partial charge in [0.25, 0.3) is 5.78 Å². The third-order valence-electron chi connectivity index (χ3n) is 3.86. The predicted molar refractivity (Wildman–Crippen MR) is 108 cm³/mol. The molecule has 9 nitrogen and oxygen atoms in total. The average Bonchev–Trinajstić information content (AvgIpc) is 3.08. The van der Waals surface area contributed by atoms with Crippen LogP contribution < -0.4 is 14.7 Å². The topological polar surface area (TPSA) is 82.8 Å². The molecular formula is C17H22N8OS. The van der Waals surface area contributed by atoms with E-state index in [0.717, 1.165) is 5.69 Å². The largest absolute Gasteiger partial charge is 0.348 e. The van der Waals surface area contributed by atoms with E-state index in [4.69, 9.17) is 0 Å². The number of thioether (sulfide) groups is 1. The van der Waals surface area contributed by atoms with Gasteiger partial charge in [0.2, 0.25) is 17.8 Å². The van der Waals surface area contributed by atoms with Crippen LogP contribution in [0.2, 0.25) is 0 Å². The second-order valence-electron chi connectivity index (χ2n) is 6.31. The zero-order valence-corrected chi connectivity index (χ0v) is 16.8. The fraction of sp³-hybridized carbons (Fsp3) is 0.353. The van der Waals surface area contributed by atoms with Crippen LogP contribution in [0.1, 0.15) is 0 Å².